The van der Waals surface area contributed by atoms with E-state index in [9.17, 15) is 4.79 Å². The number of nitrogens with zero attached hydrogens (tertiary/aromatic N) is 1. The summed E-state index contributed by atoms with van der Waals surface area (Å²) in [6.45, 7) is 3.81. The van der Waals surface area contributed by atoms with Crippen molar-refractivity contribution in [3.63, 3.8) is 0 Å². The molecule has 2 aliphatic rings. The van der Waals surface area contributed by atoms with Gasteiger partial charge in [-0.25, -0.2) is 0 Å². The molecule has 2 atom stereocenters. The Balaban J connectivity index is 1.17. The number of fused-ring (bicyclic) bond motifs is 2. The summed E-state index contributed by atoms with van der Waals surface area (Å²) in [5, 5.41) is 3.74. The monoisotopic (exact) mass is 586 g/mol. The van der Waals surface area contributed by atoms with E-state index >= 15 is 0 Å². The molecule has 0 aliphatic carbocycles. The van der Waals surface area contributed by atoms with E-state index in [1.165, 1.54) is 5.57 Å². The summed E-state index contributed by atoms with van der Waals surface area (Å²) in [5.74, 6) is 2.09. The molecular formula is C35H42N2O6. The maximum absolute atomic E-state index is 12.9. The molecule has 2 aliphatic heterocycles. The molecular weight excluding hydrogens is 544 g/mol. The number of nitrogens with one attached hydrogen (secondary N) is 1. The summed E-state index contributed by atoms with van der Waals surface area (Å²) in [6, 6.07) is 24.2. The fraction of sp³-hybridized carbons (Fsp3) is 0.400. The topological polar surface area (TPSA) is 78.5 Å². The molecule has 1 fully saturated rings. The molecule has 8 heteroatoms. The van der Waals surface area contributed by atoms with Crippen LogP contribution in [-0.4, -0.2) is 77.1 Å². The zero-order valence-electron chi connectivity index (χ0n) is 25.3. The largest absolute Gasteiger partial charge is 0.496 e. The van der Waals surface area contributed by atoms with Crippen LogP contribution in [0.5, 0.6) is 17.2 Å². The molecule has 1 saturated heterocycles. The maximum Gasteiger partial charge on any atom is 0.310 e. The van der Waals surface area contributed by atoms with Crippen LogP contribution in [0.2, 0.25) is 0 Å². The Labute approximate surface area is 254 Å². The smallest absolute Gasteiger partial charge is 0.310 e. The van der Waals surface area contributed by atoms with Gasteiger partial charge in [-0.3, -0.25) is 4.79 Å². The van der Waals surface area contributed by atoms with Gasteiger partial charge < -0.3 is 33.9 Å². The number of hydrogen-bond acceptors (Lipinski definition) is 8. The average molecular weight is 587 g/mol. The molecule has 0 spiro atoms. The van der Waals surface area contributed by atoms with E-state index in [0.717, 1.165) is 59.7 Å². The molecule has 228 valence electrons. The van der Waals surface area contributed by atoms with Gasteiger partial charge in [0.2, 0.25) is 0 Å². The lowest BCUT2D eigenvalue weighted by Gasteiger charge is -2.43. The highest BCUT2D eigenvalue weighted by Crippen LogP contribution is 2.34. The first-order valence-electron chi connectivity index (χ1n) is 14.9. The zero-order valence-corrected chi connectivity index (χ0v) is 25.3. The van der Waals surface area contributed by atoms with Gasteiger partial charge >= 0.3 is 5.97 Å². The van der Waals surface area contributed by atoms with Gasteiger partial charge in [0.25, 0.3) is 0 Å². The number of hydrogen-bond donors (Lipinski definition) is 1. The first-order valence-corrected chi connectivity index (χ1v) is 14.9. The highest BCUT2D eigenvalue weighted by atomic mass is 16.5. The predicted molar refractivity (Wildman–Crippen MR) is 167 cm³/mol. The first-order chi connectivity index (χ1) is 21.0. The number of ether oxygens (including phenoxy) is 5. The molecule has 0 amide bonds. The number of carbonyl (C=O) groups is 1. The van der Waals surface area contributed by atoms with Crippen molar-refractivity contribution in [1.82, 2.24) is 10.2 Å². The average Bonchev–Trinajstić information content (AvgIpc) is 3.02. The molecule has 8 nitrogen and oxygen atoms in total. The molecule has 0 radical (unpaired) electrons. The molecule has 0 saturated carbocycles. The standard InChI is InChI=1S/C35H42N2O6/c1-37-21-28-20-30(31(32(22-37)36-28)24-43-35(38)19-26-9-4-6-11-33(26)39-2)25-13-15-29(16-14-25)42-18-8-17-41-23-27-10-5-7-12-34(27)40-3/h4-7,9-16,28,32,36H,8,17-24H2,1-3H3/t28?,32-/m1/s1. The summed E-state index contributed by atoms with van der Waals surface area (Å²) in [4.78, 5) is 15.2. The quantitative estimate of drug-likeness (QED) is 0.211. The Hall–Kier alpha value is -3.85. The van der Waals surface area contributed by atoms with Gasteiger partial charge in [0.05, 0.1) is 40.5 Å². The minimum absolute atomic E-state index is 0.137. The Morgan fingerprint density at radius 3 is 2.30 bits per heavy atom. The molecule has 1 N–H and O–H groups in total. The Morgan fingerprint density at radius 2 is 1.56 bits per heavy atom. The van der Waals surface area contributed by atoms with E-state index in [-0.39, 0.29) is 25.0 Å². The maximum atomic E-state index is 12.9. The predicted octanol–water partition coefficient (Wildman–Crippen LogP) is 4.90. The van der Waals surface area contributed by atoms with Crippen LogP contribution >= 0.6 is 0 Å². The van der Waals surface area contributed by atoms with E-state index < -0.39 is 0 Å². The van der Waals surface area contributed by atoms with Crippen molar-refractivity contribution in [2.45, 2.75) is 38.0 Å². The van der Waals surface area contributed by atoms with Crippen LogP contribution in [0.15, 0.2) is 78.4 Å². The van der Waals surface area contributed by atoms with E-state index in [0.29, 0.717) is 31.6 Å². The third kappa shape index (κ3) is 8.16. The van der Waals surface area contributed by atoms with E-state index in [1.807, 2.05) is 60.7 Å². The van der Waals surface area contributed by atoms with Gasteiger partial charge in [-0.2, -0.15) is 0 Å². The second-order valence-electron chi connectivity index (χ2n) is 11.1. The minimum Gasteiger partial charge on any atom is -0.496 e. The first kappa shape index (κ1) is 30.6. The Kier molecular flexibility index (Phi) is 10.7. The lowest BCUT2D eigenvalue weighted by molar-refractivity contribution is -0.142. The van der Waals surface area contributed by atoms with E-state index in [2.05, 4.69) is 29.4 Å². The summed E-state index contributed by atoms with van der Waals surface area (Å²) in [7, 11) is 5.43. The Bertz CT molecular complexity index is 1390. The van der Waals surface area contributed by atoms with Crippen LogP contribution < -0.4 is 19.5 Å². The third-order valence-corrected chi connectivity index (χ3v) is 7.99. The van der Waals surface area contributed by atoms with Crippen LogP contribution in [0.4, 0.5) is 0 Å². The van der Waals surface area contributed by atoms with Crippen molar-refractivity contribution in [3.05, 3.63) is 95.1 Å². The number of para-hydroxylation sites is 2. The number of carbonyl (C=O) groups excluding carboxylic acids is 1. The number of likely N-dealkylation sites (N-methyl/N-ethyl adjacent to an activating group) is 1. The summed E-state index contributed by atoms with van der Waals surface area (Å²) < 4.78 is 28.5. The fourth-order valence-electron chi connectivity index (χ4n) is 5.89. The summed E-state index contributed by atoms with van der Waals surface area (Å²) in [6.07, 6.45) is 1.84. The number of esters is 1. The van der Waals surface area contributed by atoms with Crippen molar-refractivity contribution in [1.29, 1.82) is 0 Å². The summed E-state index contributed by atoms with van der Waals surface area (Å²) in [5.41, 5.74) is 5.39. The van der Waals surface area contributed by atoms with Gasteiger partial charge in [0.1, 0.15) is 23.9 Å². The number of methoxy groups -OCH3 is 2. The molecule has 3 aromatic rings. The van der Waals surface area contributed by atoms with Crippen molar-refractivity contribution in [2.75, 3.05) is 54.2 Å². The van der Waals surface area contributed by atoms with Gasteiger partial charge in [-0.15, -0.1) is 0 Å². The van der Waals surface area contributed by atoms with Crippen LogP contribution in [-0.2, 0) is 27.3 Å². The molecule has 1 unspecified atom stereocenters. The third-order valence-electron chi connectivity index (χ3n) is 7.99. The highest BCUT2D eigenvalue weighted by molar-refractivity contribution is 5.76. The second kappa shape index (κ2) is 15.0. The van der Waals surface area contributed by atoms with Gasteiger partial charge in [-0.1, -0.05) is 48.5 Å². The molecule has 0 aromatic heterocycles. The summed E-state index contributed by atoms with van der Waals surface area (Å²) >= 11 is 0. The van der Waals surface area contributed by atoms with Crippen LogP contribution in [0.25, 0.3) is 5.57 Å². The van der Waals surface area contributed by atoms with Gasteiger partial charge in [0, 0.05) is 42.7 Å². The lowest BCUT2D eigenvalue weighted by atomic mass is 9.84. The zero-order chi connectivity index (χ0) is 30.0. The van der Waals surface area contributed by atoms with Crippen molar-refractivity contribution < 1.29 is 28.5 Å². The minimum atomic E-state index is -0.265. The normalized spacial score (nSPS) is 18.3. The molecule has 5 rings (SSSR count). The van der Waals surface area contributed by atoms with E-state index in [1.54, 1.807) is 14.2 Å². The molecule has 2 bridgehead atoms. The molecule has 3 aromatic carbocycles. The number of benzene rings is 3. The fourth-order valence-corrected chi connectivity index (χ4v) is 5.89. The Morgan fingerprint density at radius 1 is 0.860 bits per heavy atom. The van der Waals surface area contributed by atoms with Crippen molar-refractivity contribution >= 4 is 11.5 Å². The van der Waals surface area contributed by atoms with Crippen LogP contribution in [0, 0.1) is 0 Å². The van der Waals surface area contributed by atoms with Crippen molar-refractivity contribution in [3.8, 4) is 17.2 Å². The van der Waals surface area contributed by atoms with Gasteiger partial charge in [0.15, 0.2) is 0 Å². The number of rotatable bonds is 14. The second-order valence-corrected chi connectivity index (χ2v) is 11.1. The molecule has 43 heavy (non-hydrogen) atoms. The van der Waals surface area contributed by atoms with Gasteiger partial charge in [-0.05, 0) is 54.4 Å². The van der Waals surface area contributed by atoms with E-state index in [4.69, 9.17) is 23.7 Å². The SMILES string of the molecule is COc1ccccc1COCCCOc1ccc(C2=C(COC(=O)Cc3ccccc3OC)[C@H]3CN(C)CC(C2)N3)cc1. The van der Waals surface area contributed by atoms with Crippen LogP contribution in [0.3, 0.4) is 0 Å². The lowest BCUT2D eigenvalue weighted by Crippen LogP contribution is -2.58. The number of piperazine rings is 1. The van der Waals surface area contributed by atoms with Crippen molar-refractivity contribution in [2.24, 2.45) is 0 Å². The van der Waals surface area contributed by atoms with Crippen LogP contribution in [0.1, 0.15) is 29.5 Å². The highest BCUT2D eigenvalue weighted by Gasteiger charge is 2.34. The molecule has 2 heterocycles.